The molecule has 4 nitrogen and oxygen atoms in total. The largest absolute Gasteiger partial charge is 0.306 e. The zero-order valence-electron chi connectivity index (χ0n) is 12.2. The highest BCUT2D eigenvalue weighted by atomic mass is 15.4. The van der Waals surface area contributed by atoms with E-state index in [1.165, 1.54) is 12.1 Å². The predicted octanol–water partition coefficient (Wildman–Crippen LogP) is 2.89. The molecule has 1 saturated heterocycles. The van der Waals surface area contributed by atoms with Crippen LogP contribution in [-0.2, 0) is 5.54 Å². The molecule has 1 N–H and O–H groups in total. The molecule has 0 saturated carbocycles. The fraction of sp³-hybridized carbons (Fsp3) is 0.500. The van der Waals surface area contributed by atoms with E-state index in [0.717, 1.165) is 25.1 Å². The highest BCUT2D eigenvalue weighted by molar-refractivity contribution is 5.33. The summed E-state index contributed by atoms with van der Waals surface area (Å²) in [5.41, 5.74) is 2.29. The maximum Gasteiger partial charge on any atom is 0.0846 e. The van der Waals surface area contributed by atoms with Crippen molar-refractivity contribution in [3.8, 4) is 5.69 Å². The van der Waals surface area contributed by atoms with Crippen LogP contribution in [0.5, 0.6) is 0 Å². The van der Waals surface area contributed by atoms with Crippen molar-refractivity contribution in [1.82, 2.24) is 20.3 Å². The lowest BCUT2D eigenvalue weighted by atomic mass is 9.84. The molecule has 1 aliphatic rings. The van der Waals surface area contributed by atoms with Crippen molar-refractivity contribution in [3.63, 3.8) is 0 Å². The Morgan fingerprint density at radius 2 is 2.10 bits per heavy atom. The Hall–Kier alpha value is -1.68. The van der Waals surface area contributed by atoms with Gasteiger partial charge in [0.05, 0.1) is 23.1 Å². The first-order valence-corrected chi connectivity index (χ1v) is 7.43. The molecule has 0 spiro atoms. The summed E-state index contributed by atoms with van der Waals surface area (Å²) in [6.07, 6.45) is 5.42. The van der Waals surface area contributed by atoms with Crippen molar-refractivity contribution in [2.24, 2.45) is 5.92 Å². The van der Waals surface area contributed by atoms with Crippen molar-refractivity contribution in [1.29, 1.82) is 0 Å². The molecule has 0 bridgehead atoms. The van der Waals surface area contributed by atoms with E-state index in [2.05, 4.69) is 41.6 Å². The van der Waals surface area contributed by atoms with Gasteiger partial charge in [-0.15, -0.1) is 5.10 Å². The van der Waals surface area contributed by atoms with Gasteiger partial charge in [0.2, 0.25) is 0 Å². The lowest BCUT2D eigenvalue weighted by Gasteiger charge is -2.31. The predicted molar refractivity (Wildman–Crippen MR) is 79.7 cm³/mol. The molecule has 20 heavy (non-hydrogen) atoms. The van der Waals surface area contributed by atoms with Crippen LogP contribution < -0.4 is 5.32 Å². The lowest BCUT2D eigenvalue weighted by Crippen LogP contribution is -2.40. The van der Waals surface area contributed by atoms with Crippen molar-refractivity contribution in [2.45, 2.75) is 38.6 Å². The van der Waals surface area contributed by atoms with Crippen molar-refractivity contribution in [2.75, 3.05) is 6.54 Å². The summed E-state index contributed by atoms with van der Waals surface area (Å²) >= 11 is 0. The molecule has 106 valence electrons. The van der Waals surface area contributed by atoms with Gasteiger partial charge in [-0.25, -0.2) is 4.68 Å². The summed E-state index contributed by atoms with van der Waals surface area (Å²) in [5.74, 6) is 0.639. The summed E-state index contributed by atoms with van der Waals surface area (Å²) in [6.45, 7) is 5.63. The molecule has 0 radical (unpaired) electrons. The number of para-hydroxylation sites is 1. The normalized spacial score (nSPS) is 22.6. The van der Waals surface area contributed by atoms with Gasteiger partial charge in [0.15, 0.2) is 0 Å². The van der Waals surface area contributed by atoms with Crippen LogP contribution in [0.15, 0.2) is 36.5 Å². The van der Waals surface area contributed by atoms with Crippen LogP contribution in [0, 0.1) is 5.92 Å². The Kier molecular flexibility index (Phi) is 3.57. The maximum absolute atomic E-state index is 4.31. The molecule has 0 amide bonds. The molecule has 4 heteroatoms. The lowest BCUT2D eigenvalue weighted by molar-refractivity contribution is 0.296. The van der Waals surface area contributed by atoms with Crippen LogP contribution in [0.1, 0.15) is 38.8 Å². The average Bonchev–Trinajstić information content (AvgIpc) is 3.08. The van der Waals surface area contributed by atoms with Crippen LogP contribution in [0.25, 0.3) is 5.69 Å². The quantitative estimate of drug-likeness (QED) is 0.929. The van der Waals surface area contributed by atoms with E-state index in [1.807, 2.05) is 29.1 Å². The van der Waals surface area contributed by atoms with Crippen LogP contribution in [0.3, 0.4) is 0 Å². The average molecular weight is 270 g/mol. The molecule has 0 aliphatic carbocycles. The Morgan fingerprint density at radius 3 is 2.75 bits per heavy atom. The van der Waals surface area contributed by atoms with Crippen molar-refractivity contribution in [3.05, 3.63) is 42.2 Å². The molecule has 2 heterocycles. The van der Waals surface area contributed by atoms with Crippen LogP contribution in [0.2, 0.25) is 0 Å². The van der Waals surface area contributed by atoms with E-state index < -0.39 is 0 Å². The van der Waals surface area contributed by atoms with Gasteiger partial charge in [0.25, 0.3) is 0 Å². The first-order valence-electron chi connectivity index (χ1n) is 7.43. The zero-order valence-corrected chi connectivity index (χ0v) is 12.2. The van der Waals surface area contributed by atoms with Gasteiger partial charge in [-0.1, -0.05) is 37.3 Å². The Bertz CT molecular complexity index is 553. The second kappa shape index (κ2) is 5.37. The van der Waals surface area contributed by atoms with Gasteiger partial charge in [-0.2, -0.15) is 0 Å². The van der Waals surface area contributed by atoms with E-state index in [4.69, 9.17) is 0 Å². The van der Waals surface area contributed by atoms with Crippen LogP contribution in [-0.4, -0.2) is 21.5 Å². The molecule has 1 aromatic carbocycles. The van der Waals surface area contributed by atoms with Gasteiger partial charge in [-0.05, 0) is 43.9 Å². The third kappa shape index (κ3) is 2.36. The molecule has 1 atom stereocenters. The molecule has 1 aliphatic heterocycles. The number of rotatable bonds is 4. The fourth-order valence-electron chi connectivity index (χ4n) is 3.32. The Morgan fingerprint density at radius 1 is 1.30 bits per heavy atom. The van der Waals surface area contributed by atoms with E-state index >= 15 is 0 Å². The minimum Gasteiger partial charge on any atom is -0.306 e. The maximum atomic E-state index is 4.31. The topological polar surface area (TPSA) is 42.7 Å². The zero-order chi connectivity index (χ0) is 14.0. The molecular weight excluding hydrogens is 248 g/mol. The molecular formula is C16H22N4. The minimum absolute atomic E-state index is 0.0213. The second-order valence-corrected chi connectivity index (χ2v) is 6.08. The van der Waals surface area contributed by atoms with Gasteiger partial charge in [0, 0.05) is 0 Å². The highest BCUT2D eigenvalue weighted by Crippen LogP contribution is 2.37. The number of nitrogens with zero attached hydrogens (tertiary/aromatic N) is 3. The SMILES string of the molecule is CC(C)CC1(c2cnnn2-c2ccccc2)CCCN1. The van der Waals surface area contributed by atoms with Gasteiger partial charge >= 0.3 is 0 Å². The smallest absolute Gasteiger partial charge is 0.0846 e. The summed E-state index contributed by atoms with van der Waals surface area (Å²) in [7, 11) is 0. The third-order valence-electron chi connectivity index (χ3n) is 4.04. The van der Waals surface area contributed by atoms with Crippen molar-refractivity contribution >= 4 is 0 Å². The summed E-state index contributed by atoms with van der Waals surface area (Å²) in [4.78, 5) is 0. The summed E-state index contributed by atoms with van der Waals surface area (Å²) in [5, 5.41) is 12.2. The molecule has 2 aromatic rings. The van der Waals surface area contributed by atoms with E-state index in [-0.39, 0.29) is 5.54 Å². The first-order chi connectivity index (χ1) is 9.71. The molecule has 1 fully saturated rings. The van der Waals surface area contributed by atoms with E-state index in [9.17, 15) is 0 Å². The molecule has 1 aromatic heterocycles. The Labute approximate surface area is 120 Å². The fourth-order valence-corrected chi connectivity index (χ4v) is 3.32. The highest BCUT2D eigenvalue weighted by Gasteiger charge is 2.39. The van der Waals surface area contributed by atoms with E-state index in [1.54, 1.807) is 0 Å². The van der Waals surface area contributed by atoms with Gasteiger partial charge in [0.1, 0.15) is 0 Å². The van der Waals surface area contributed by atoms with Crippen LogP contribution in [0.4, 0.5) is 0 Å². The summed E-state index contributed by atoms with van der Waals surface area (Å²) in [6, 6.07) is 10.3. The third-order valence-corrected chi connectivity index (χ3v) is 4.04. The number of aromatic nitrogens is 3. The second-order valence-electron chi connectivity index (χ2n) is 6.08. The minimum atomic E-state index is 0.0213. The van der Waals surface area contributed by atoms with Gasteiger partial charge in [-0.3, -0.25) is 0 Å². The number of hydrogen-bond donors (Lipinski definition) is 1. The van der Waals surface area contributed by atoms with Crippen molar-refractivity contribution < 1.29 is 0 Å². The molecule has 1 unspecified atom stereocenters. The number of benzene rings is 1. The van der Waals surface area contributed by atoms with Gasteiger partial charge < -0.3 is 5.32 Å². The van der Waals surface area contributed by atoms with Crippen LogP contribution >= 0.6 is 0 Å². The van der Waals surface area contributed by atoms with E-state index in [0.29, 0.717) is 5.92 Å². The Balaban J connectivity index is 2.03. The number of hydrogen-bond acceptors (Lipinski definition) is 3. The first kappa shape index (κ1) is 13.3. The summed E-state index contributed by atoms with van der Waals surface area (Å²) < 4.78 is 1.99. The standard InChI is InChI=1S/C16H22N4/c1-13(2)11-16(9-6-10-17-16)15-12-18-19-20(15)14-7-4-3-5-8-14/h3-5,7-8,12-13,17H,6,9-11H2,1-2H3. The molecule has 3 rings (SSSR count). The monoisotopic (exact) mass is 270 g/mol. The number of nitrogens with one attached hydrogen (secondary N) is 1.